The van der Waals surface area contributed by atoms with Crippen LogP contribution in [0.2, 0.25) is 0 Å². The van der Waals surface area contributed by atoms with Gasteiger partial charge < -0.3 is 27.0 Å². The van der Waals surface area contributed by atoms with E-state index in [1.807, 2.05) is 6.26 Å². The van der Waals surface area contributed by atoms with E-state index in [0.29, 0.717) is 12.2 Å². The van der Waals surface area contributed by atoms with E-state index < -0.39 is 30.1 Å². The Morgan fingerprint density at radius 2 is 1.68 bits per heavy atom. The first-order chi connectivity index (χ1) is 8.92. The summed E-state index contributed by atoms with van der Waals surface area (Å²) in [6, 6.07) is -1.78. The normalized spacial score (nSPS) is 15.6. The number of hydrogen-bond acceptors (Lipinski definition) is 8. The Balaban J connectivity index is 4.03. The monoisotopic (exact) mass is 293 g/mol. The van der Waals surface area contributed by atoms with Gasteiger partial charge in [0.1, 0.15) is 12.1 Å². The Hall–Kier alpha value is -0.670. The molecule has 3 atom stereocenters. The standard InChI is InChI=1S/C11H23N3O4S/c1-19-5-4-9(14)11(17)18-10(16)8(13)3-2-7(15)6-12/h7-9,15H,2-6,12-14H2,1H3/t7?,8-,9-/m0/s1. The minimum absolute atomic E-state index is 0.0975. The molecule has 0 aliphatic carbocycles. The SMILES string of the molecule is CSCC[C@H](N)C(=O)OC(=O)[C@@H](N)CCC(O)CN. The van der Waals surface area contributed by atoms with Crippen LogP contribution in [0, 0.1) is 0 Å². The lowest BCUT2D eigenvalue weighted by atomic mass is 10.1. The summed E-state index contributed by atoms with van der Waals surface area (Å²) in [4.78, 5) is 22.9. The van der Waals surface area contributed by atoms with Gasteiger partial charge in [0.2, 0.25) is 0 Å². The molecule has 19 heavy (non-hydrogen) atoms. The van der Waals surface area contributed by atoms with Gasteiger partial charge in [-0.05, 0) is 31.3 Å². The molecule has 0 fully saturated rings. The summed E-state index contributed by atoms with van der Waals surface area (Å²) >= 11 is 1.55. The number of esters is 2. The quantitative estimate of drug-likeness (QED) is 0.299. The number of carbonyl (C=O) groups excluding carboxylic acids is 2. The zero-order valence-electron chi connectivity index (χ0n) is 11.1. The van der Waals surface area contributed by atoms with E-state index in [0.717, 1.165) is 0 Å². The van der Waals surface area contributed by atoms with Gasteiger partial charge in [-0.25, -0.2) is 9.59 Å². The smallest absolute Gasteiger partial charge is 0.330 e. The van der Waals surface area contributed by atoms with Crippen molar-refractivity contribution in [1.29, 1.82) is 0 Å². The third-order valence-electron chi connectivity index (χ3n) is 2.52. The molecule has 0 spiro atoms. The van der Waals surface area contributed by atoms with E-state index in [2.05, 4.69) is 4.74 Å². The van der Waals surface area contributed by atoms with Crippen molar-refractivity contribution in [2.45, 2.75) is 37.5 Å². The third-order valence-corrected chi connectivity index (χ3v) is 3.17. The summed E-state index contributed by atoms with van der Waals surface area (Å²) in [6.07, 6.45) is 2.10. The molecule has 0 saturated heterocycles. The lowest BCUT2D eigenvalue weighted by Gasteiger charge is -2.14. The van der Waals surface area contributed by atoms with Gasteiger partial charge in [-0.1, -0.05) is 0 Å². The molecular formula is C11H23N3O4S. The van der Waals surface area contributed by atoms with E-state index in [4.69, 9.17) is 17.2 Å². The van der Waals surface area contributed by atoms with Crippen LogP contribution in [0.3, 0.4) is 0 Å². The van der Waals surface area contributed by atoms with Crippen LogP contribution in [-0.2, 0) is 14.3 Å². The van der Waals surface area contributed by atoms with Crippen LogP contribution in [0.5, 0.6) is 0 Å². The molecule has 0 radical (unpaired) electrons. The molecule has 8 heteroatoms. The van der Waals surface area contributed by atoms with Crippen molar-refractivity contribution in [3.63, 3.8) is 0 Å². The minimum Gasteiger partial charge on any atom is -0.392 e. The topological polar surface area (TPSA) is 142 Å². The highest BCUT2D eigenvalue weighted by atomic mass is 32.2. The van der Waals surface area contributed by atoms with Gasteiger partial charge >= 0.3 is 11.9 Å². The summed E-state index contributed by atoms with van der Waals surface area (Å²) in [5, 5.41) is 9.23. The Morgan fingerprint density at radius 1 is 1.16 bits per heavy atom. The molecule has 0 rings (SSSR count). The van der Waals surface area contributed by atoms with E-state index >= 15 is 0 Å². The van der Waals surface area contributed by atoms with Gasteiger partial charge in [0.25, 0.3) is 0 Å². The Morgan fingerprint density at radius 3 is 2.16 bits per heavy atom. The number of thioether (sulfide) groups is 1. The van der Waals surface area contributed by atoms with Gasteiger partial charge in [-0.3, -0.25) is 0 Å². The average molecular weight is 293 g/mol. The van der Waals surface area contributed by atoms with Crippen molar-refractivity contribution in [2.24, 2.45) is 17.2 Å². The molecule has 0 saturated carbocycles. The predicted octanol–water partition coefficient (Wildman–Crippen LogP) is -1.44. The van der Waals surface area contributed by atoms with Crippen molar-refractivity contribution in [3.05, 3.63) is 0 Å². The predicted molar refractivity (Wildman–Crippen MR) is 74.3 cm³/mol. The zero-order valence-corrected chi connectivity index (χ0v) is 11.9. The number of nitrogens with two attached hydrogens (primary N) is 3. The number of carbonyl (C=O) groups is 2. The highest BCUT2D eigenvalue weighted by molar-refractivity contribution is 7.98. The average Bonchev–Trinajstić information content (AvgIpc) is 2.41. The molecule has 0 aromatic carbocycles. The summed E-state index contributed by atoms with van der Waals surface area (Å²) in [5.41, 5.74) is 16.3. The molecule has 112 valence electrons. The lowest BCUT2D eigenvalue weighted by Crippen LogP contribution is -2.40. The van der Waals surface area contributed by atoms with Crippen molar-refractivity contribution >= 4 is 23.7 Å². The molecule has 0 aromatic rings. The van der Waals surface area contributed by atoms with Crippen LogP contribution in [0.1, 0.15) is 19.3 Å². The van der Waals surface area contributed by atoms with Gasteiger partial charge in [0.05, 0.1) is 6.10 Å². The first-order valence-corrected chi connectivity index (χ1v) is 7.45. The molecule has 7 nitrogen and oxygen atoms in total. The van der Waals surface area contributed by atoms with Crippen molar-refractivity contribution in [3.8, 4) is 0 Å². The fourth-order valence-corrected chi connectivity index (χ4v) is 1.71. The number of hydrogen-bond donors (Lipinski definition) is 4. The van der Waals surface area contributed by atoms with Gasteiger partial charge in [0.15, 0.2) is 0 Å². The Labute approximate surface area is 117 Å². The summed E-state index contributed by atoms with van der Waals surface area (Å²) in [7, 11) is 0. The highest BCUT2D eigenvalue weighted by Gasteiger charge is 2.23. The fraction of sp³-hybridized carbons (Fsp3) is 0.818. The molecular weight excluding hydrogens is 270 g/mol. The van der Waals surface area contributed by atoms with Crippen molar-refractivity contribution in [2.75, 3.05) is 18.6 Å². The third kappa shape index (κ3) is 8.17. The molecule has 0 amide bonds. The molecule has 0 aromatic heterocycles. The fourth-order valence-electron chi connectivity index (χ4n) is 1.22. The van der Waals surface area contributed by atoms with Crippen LogP contribution in [0.4, 0.5) is 0 Å². The molecule has 7 N–H and O–H groups in total. The van der Waals surface area contributed by atoms with E-state index in [9.17, 15) is 14.7 Å². The molecule has 0 heterocycles. The first-order valence-electron chi connectivity index (χ1n) is 6.06. The van der Waals surface area contributed by atoms with Crippen LogP contribution < -0.4 is 17.2 Å². The van der Waals surface area contributed by atoms with E-state index in [-0.39, 0.29) is 19.4 Å². The highest BCUT2D eigenvalue weighted by Crippen LogP contribution is 2.04. The van der Waals surface area contributed by atoms with Crippen LogP contribution >= 0.6 is 11.8 Å². The number of ether oxygens (including phenoxy) is 1. The Kier molecular flexibility index (Phi) is 9.80. The van der Waals surface area contributed by atoms with Gasteiger partial charge in [-0.2, -0.15) is 11.8 Å². The van der Waals surface area contributed by atoms with Crippen molar-refractivity contribution < 1.29 is 19.4 Å². The number of rotatable bonds is 9. The van der Waals surface area contributed by atoms with E-state index in [1.54, 1.807) is 11.8 Å². The second-order valence-electron chi connectivity index (χ2n) is 4.20. The van der Waals surface area contributed by atoms with Crippen LogP contribution in [-0.4, -0.2) is 53.8 Å². The Bertz CT molecular complexity index is 291. The van der Waals surface area contributed by atoms with Crippen molar-refractivity contribution in [1.82, 2.24) is 0 Å². The van der Waals surface area contributed by atoms with Gasteiger partial charge in [0, 0.05) is 6.54 Å². The summed E-state index contributed by atoms with van der Waals surface area (Å²) < 4.78 is 4.59. The van der Waals surface area contributed by atoms with Gasteiger partial charge in [-0.15, -0.1) is 0 Å². The number of aliphatic hydroxyl groups is 1. The second kappa shape index (κ2) is 10.2. The summed E-state index contributed by atoms with van der Waals surface area (Å²) in [6.45, 7) is 0.0975. The molecule has 0 aliphatic heterocycles. The largest absolute Gasteiger partial charge is 0.392 e. The van der Waals surface area contributed by atoms with E-state index in [1.165, 1.54) is 0 Å². The van der Waals surface area contributed by atoms with Crippen LogP contribution in [0.15, 0.2) is 0 Å². The second-order valence-corrected chi connectivity index (χ2v) is 5.19. The maximum absolute atomic E-state index is 11.5. The minimum atomic E-state index is -0.960. The first kappa shape index (κ1) is 18.3. The van der Waals surface area contributed by atoms with Crippen LogP contribution in [0.25, 0.3) is 0 Å². The molecule has 1 unspecified atom stereocenters. The maximum Gasteiger partial charge on any atom is 0.330 e. The lowest BCUT2D eigenvalue weighted by molar-refractivity contribution is -0.161. The zero-order chi connectivity index (χ0) is 14.8. The number of aliphatic hydroxyl groups excluding tert-OH is 1. The summed E-state index contributed by atoms with van der Waals surface area (Å²) in [5.74, 6) is -0.887. The molecule has 0 bridgehead atoms. The molecule has 0 aliphatic rings. The maximum atomic E-state index is 11.5.